The summed E-state index contributed by atoms with van der Waals surface area (Å²) in [5.41, 5.74) is 0.925. The number of hydrogen-bond acceptors (Lipinski definition) is 2. The van der Waals surface area contributed by atoms with E-state index >= 15 is 0 Å². The molecular formula is C17H25NO2. The standard InChI is InChI=1S/C17H25NO2/c1-12-10-11-15(17(3,4)18-13(2)19)16(20-12)14-8-6-5-7-9-14/h5-9,12,15-16H,10-11H2,1-4H3,(H,18,19)/t12-,15-,16?/m1/s1. The molecule has 0 aromatic heterocycles. The van der Waals surface area contributed by atoms with Gasteiger partial charge in [-0.3, -0.25) is 4.79 Å². The van der Waals surface area contributed by atoms with Gasteiger partial charge >= 0.3 is 0 Å². The molecule has 1 N–H and O–H groups in total. The molecule has 1 aliphatic rings. The Morgan fingerprint density at radius 1 is 1.25 bits per heavy atom. The highest BCUT2D eigenvalue weighted by Crippen LogP contribution is 2.41. The van der Waals surface area contributed by atoms with Crippen LogP contribution in [0.5, 0.6) is 0 Å². The monoisotopic (exact) mass is 275 g/mol. The van der Waals surface area contributed by atoms with Crippen LogP contribution >= 0.6 is 0 Å². The lowest BCUT2D eigenvalue weighted by Gasteiger charge is -2.44. The Kier molecular flexibility index (Phi) is 4.48. The number of ether oxygens (including phenoxy) is 1. The van der Waals surface area contributed by atoms with E-state index in [-0.39, 0.29) is 29.6 Å². The van der Waals surface area contributed by atoms with Gasteiger partial charge in [-0.15, -0.1) is 0 Å². The zero-order valence-corrected chi connectivity index (χ0v) is 12.8. The van der Waals surface area contributed by atoms with Crippen molar-refractivity contribution < 1.29 is 9.53 Å². The molecule has 2 rings (SSSR count). The van der Waals surface area contributed by atoms with Crippen molar-refractivity contribution in [2.24, 2.45) is 5.92 Å². The molecule has 110 valence electrons. The van der Waals surface area contributed by atoms with Crippen LogP contribution in [0.3, 0.4) is 0 Å². The molecule has 20 heavy (non-hydrogen) atoms. The van der Waals surface area contributed by atoms with Crippen LogP contribution in [0.1, 0.15) is 52.2 Å². The Labute approximate surface area is 121 Å². The summed E-state index contributed by atoms with van der Waals surface area (Å²) in [5.74, 6) is 0.297. The van der Waals surface area contributed by atoms with Crippen LogP contribution < -0.4 is 5.32 Å². The summed E-state index contributed by atoms with van der Waals surface area (Å²) in [7, 11) is 0. The van der Waals surface area contributed by atoms with E-state index in [4.69, 9.17) is 4.74 Å². The number of hydrogen-bond donors (Lipinski definition) is 1. The maximum atomic E-state index is 11.5. The van der Waals surface area contributed by atoms with Crippen molar-refractivity contribution in [2.45, 2.75) is 58.3 Å². The van der Waals surface area contributed by atoms with E-state index in [9.17, 15) is 4.79 Å². The van der Waals surface area contributed by atoms with Crippen molar-refractivity contribution >= 4 is 5.91 Å². The molecule has 3 nitrogen and oxygen atoms in total. The summed E-state index contributed by atoms with van der Waals surface area (Å²) in [6.07, 6.45) is 2.41. The summed E-state index contributed by atoms with van der Waals surface area (Å²) < 4.78 is 6.20. The fourth-order valence-corrected chi connectivity index (χ4v) is 3.22. The van der Waals surface area contributed by atoms with Gasteiger partial charge in [-0.25, -0.2) is 0 Å². The van der Waals surface area contributed by atoms with Crippen molar-refractivity contribution in [2.75, 3.05) is 0 Å². The lowest BCUT2D eigenvalue weighted by Crippen LogP contribution is -2.52. The van der Waals surface area contributed by atoms with Crippen LogP contribution in [0.4, 0.5) is 0 Å². The van der Waals surface area contributed by atoms with E-state index in [0.29, 0.717) is 0 Å². The van der Waals surface area contributed by atoms with Crippen LogP contribution in [-0.2, 0) is 9.53 Å². The fourth-order valence-electron chi connectivity index (χ4n) is 3.22. The number of carbonyl (C=O) groups excluding carboxylic acids is 1. The largest absolute Gasteiger partial charge is 0.370 e. The van der Waals surface area contributed by atoms with E-state index in [1.807, 2.05) is 18.2 Å². The van der Waals surface area contributed by atoms with Gasteiger partial charge in [0.1, 0.15) is 0 Å². The first-order chi connectivity index (χ1) is 9.40. The Bertz CT molecular complexity index is 455. The third-order valence-electron chi connectivity index (χ3n) is 4.18. The summed E-state index contributed by atoms with van der Waals surface area (Å²) >= 11 is 0. The van der Waals surface area contributed by atoms with Crippen molar-refractivity contribution in [3.63, 3.8) is 0 Å². The molecule has 0 bridgehead atoms. The average molecular weight is 275 g/mol. The molecule has 1 amide bonds. The molecule has 1 aromatic carbocycles. The smallest absolute Gasteiger partial charge is 0.217 e. The number of nitrogens with one attached hydrogen (secondary N) is 1. The molecule has 0 aliphatic carbocycles. The zero-order valence-electron chi connectivity index (χ0n) is 12.8. The summed E-state index contributed by atoms with van der Waals surface area (Å²) in [4.78, 5) is 11.5. The minimum atomic E-state index is -0.271. The molecule has 1 unspecified atom stereocenters. The van der Waals surface area contributed by atoms with E-state index < -0.39 is 0 Å². The van der Waals surface area contributed by atoms with Gasteiger partial charge in [0, 0.05) is 18.4 Å². The maximum Gasteiger partial charge on any atom is 0.217 e. The molecular weight excluding hydrogens is 250 g/mol. The van der Waals surface area contributed by atoms with E-state index in [1.165, 1.54) is 5.56 Å². The van der Waals surface area contributed by atoms with Gasteiger partial charge in [-0.05, 0) is 39.2 Å². The second kappa shape index (κ2) is 5.96. The van der Waals surface area contributed by atoms with Gasteiger partial charge in [0.25, 0.3) is 0 Å². The molecule has 1 heterocycles. The highest BCUT2D eigenvalue weighted by molar-refractivity contribution is 5.73. The van der Waals surface area contributed by atoms with Crippen molar-refractivity contribution in [3.05, 3.63) is 35.9 Å². The van der Waals surface area contributed by atoms with Crippen molar-refractivity contribution in [3.8, 4) is 0 Å². The first-order valence-electron chi connectivity index (χ1n) is 7.39. The van der Waals surface area contributed by atoms with Gasteiger partial charge in [-0.2, -0.15) is 0 Å². The summed E-state index contributed by atoms with van der Waals surface area (Å²) in [5, 5.41) is 3.08. The molecule has 0 spiro atoms. The van der Waals surface area contributed by atoms with Crippen molar-refractivity contribution in [1.82, 2.24) is 5.32 Å². The second-order valence-corrected chi connectivity index (χ2v) is 6.36. The highest BCUT2D eigenvalue weighted by Gasteiger charge is 2.40. The number of rotatable bonds is 3. The lowest BCUT2D eigenvalue weighted by atomic mass is 9.75. The van der Waals surface area contributed by atoms with Crippen LogP contribution in [0, 0.1) is 5.92 Å². The van der Waals surface area contributed by atoms with Crippen LogP contribution in [-0.4, -0.2) is 17.6 Å². The van der Waals surface area contributed by atoms with Crippen LogP contribution in [0.15, 0.2) is 30.3 Å². The van der Waals surface area contributed by atoms with Gasteiger partial charge in [0.15, 0.2) is 0 Å². The SMILES string of the molecule is CC(=O)NC(C)(C)[C@@H]1CC[C@@H](C)OC1c1ccccc1. The molecule has 3 heteroatoms. The second-order valence-electron chi connectivity index (χ2n) is 6.36. The molecule has 0 saturated carbocycles. The Hall–Kier alpha value is -1.35. The molecule has 3 atom stereocenters. The average Bonchev–Trinajstić information content (AvgIpc) is 2.38. The Morgan fingerprint density at radius 2 is 1.90 bits per heavy atom. The first-order valence-corrected chi connectivity index (χ1v) is 7.39. The third-order valence-corrected chi connectivity index (χ3v) is 4.18. The predicted molar refractivity (Wildman–Crippen MR) is 80.3 cm³/mol. The molecule has 1 aromatic rings. The lowest BCUT2D eigenvalue weighted by molar-refractivity contribution is -0.126. The maximum absolute atomic E-state index is 11.5. The Morgan fingerprint density at radius 3 is 2.50 bits per heavy atom. The van der Waals surface area contributed by atoms with Crippen LogP contribution in [0.2, 0.25) is 0 Å². The summed E-state index contributed by atoms with van der Waals surface area (Å²) in [6.45, 7) is 7.88. The van der Waals surface area contributed by atoms with E-state index in [0.717, 1.165) is 12.8 Å². The minimum Gasteiger partial charge on any atom is -0.370 e. The molecule has 1 saturated heterocycles. The van der Waals surface area contributed by atoms with E-state index in [2.05, 4.69) is 38.2 Å². The van der Waals surface area contributed by atoms with Gasteiger partial charge in [-0.1, -0.05) is 30.3 Å². The minimum absolute atomic E-state index is 0.0143. The zero-order chi connectivity index (χ0) is 14.8. The normalized spacial score (nSPS) is 27.1. The van der Waals surface area contributed by atoms with E-state index in [1.54, 1.807) is 6.92 Å². The van der Waals surface area contributed by atoms with Crippen molar-refractivity contribution in [1.29, 1.82) is 0 Å². The molecule has 0 radical (unpaired) electrons. The topological polar surface area (TPSA) is 38.3 Å². The first kappa shape index (κ1) is 15.0. The van der Waals surface area contributed by atoms with Crippen LogP contribution in [0.25, 0.3) is 0 Å². The third kappa shape index (κ3) is 3.40. The highest BCUT2D eigenvalue weighted by atomic mass is 16.5. The van der Waals surface area contributed by atoms with Gasteiger partial charge < -0.3 is 10.1 Å². The summed E-state index contributed by atoms with van der Waals surface area (Å²) in [6, 6.07) is 10.3. The predicted octanol–water partition coefficient (Wildman–Crippen LogP) is 3.46. The number of carbonyl (C=O) groups is 1. The molecule has 1 fully saturated rings. The fraction of sp³-hybridized carbons (Fsp3) is 0.588. The molecule has 1 aliphatic heterocycles. The number of amides is 1. The van der Waals surface area contributed by atoms with Gasteiger partial charge in [0.05, 0.1) is 12.2 Å². The van der Waals surface area contributed by atoms with Gasteiger partial charge in [0.2, 0.25) is 5.91 Å². The Balaban J connectivity index is 2.27. The number of benzene rings is 1. The quantitative estimate of drug-likeness (QED) is 0.917.